The summed E-state index contributed by atoms with van der Waals surface area (Å²) in [5, 5.41) is 2.96. The molecule has 146 valence electrons. The molecule has 1 atom stereocenters. The molecule has 1 aliphatic rings. The molecule has 0 saturated carbocycles. The molecule has 26 heavy (non-hydrogen) atoms. The minimum atomic E-state index is -3.44. The zero-order chi connectivity index (χ0) is 19.2. The lowest BCUT2D eigenvalue weighted by atomic mass is 9.94. The molecule has 6 heteroatoms. The minimum absolute atomic E-state index is 0.0733. The molecule has 1 amide bonds. The first-order valence-corrected chi connectivity index (χ1v) is 11.1. The zero-order valence-electron chi connectivity index (χ0n) is 16.2. The first-order chi connectivity index (χ1) is 12.3. The Labute approximate surface area is 158 Å². The highest BCUT2D eigenvalue weighted by Gasteiger charge is 2.30. The highest BCUT2D eigenvalue weighted by atomic mass is 32.2. The van der Waals surface area contributed by atoms with Crippen LogP contribution in [0.15, 0.2) is 29.2 Å². The van der Waals surface area contributed by atoms with Gasteiger partial charge in [0.15, 0.2) is 0 Å². The quantitative estimate of drug-likeness (QED) is 0.752. The summed E-state index contributed by atoms with van der Waals surface area (Å²) in [5.74, 6) is 0.901. The zero-order valence-corrected chi connectivity index (χ0v) is 17.0. The number of aryl methyl sites for hydroxylation is 1. The van der Waals surface area contributed by atoms with Crippen molar-refractivity contribution in [2.45, 2.75) is 57.8 Å². The van der Waals surface area contributed by atoms with Crippen LogP contribution < -0.4 is 5.32 Å². The molecular weight excluding hydrogens is 348 g/mol. The highest BCUT2D eigenvalue weighted by molar-refractivity contribution is 7.89. The molecule has 1 fully saturated rings. The third-order valence-corrected chi connectivity index (χ3v) is 6.84. The average Bonchev–Trinajstić information content (AvgIpc) is 2.60. The van der Waals surface area contributed by atoms with Crippen molar-refractivity contribution in [3.8, 4) is 0 Å². The molecule has 1 aromatic carbocycles. The van der Waals surface area contributed by atoms with E-state index in [1.54, 1.807) is 16.4 Å². The van der Waals surface area contributed by atoms with Gasteiger partial charge in [-0.15, -0.1) is 0 Å². The highest BCUT2D eigenvalue weighted by Crippen LogP contribution is 2.26. The minimum Gasteiger partial charge on any atom is -0.356 e. The summed E-state index contributed by atoms with van der Waals surface area (Å²) in [6.45, 7) is 8.01. The van der Waals surface area contributed by atoms with Gasteiger partial charge in [-0.25, -0.2) is 8.42 Å². The van der Waals surface area contributed by atoms with Gasteiger partial charge in [-0.05, 0) is 56.6 Å². The Bertz CT molecular complexity index is 684. The molecule has 0 radical (unpaired) electrons. The van der Waals surface area contributed by atoms with E-state index < -0.39 is 10.0 Å². The van der Waals surface area contributed by atoms with Crippen molar-refractivity contribution in [3.05, 3.63) is 29.8 Å². The average molecular weight is 381 g/mol. The van der Waals surface area contributed by atoms with E-state index in [2.05, 4.69) is 19.2 Å². The van der Waals surface area contributed by atoms with Crippen molar-refractivity contribution < 1.29 is 13.2 Å². The van der Waals surface area contributed by atoms with Crippen LogP contribution in [-0.4, -0.2) is 38.3 Å². The summed E-state index contributed by atoms with van der Waals surface area (Å²) in [4.78, 5) is 12.3. The van der Waals surface area contributed by atoms with Gasteiger partial charge >= 0.3 is 0 Å². The summed E-state index contributed by atoms with van der Waals surface area (Å²) >= 11 is 0. The van der Waals surface area contributed by atoms with E-state index in [0.717, 1.165) is 37.8 Å². The second-order valence-electron chi connectivity index (χ2n) is 7.76. The maximum Gasteiger partial charge on any atom is 0.243 e. The number of carbonyl (C=O) groups excluding carboxylic acids is 1. The lowest BCUT2D eigenvalue weighted by Gasteiger charge is -2.32. The molecule has 0 aliphatic carbocycles. The van der Waals surface area contributed by atoms with Crippen LogP contribution in [-0.2, 0) is 14.8 Å². The molecule has 1 N–H and O–H groups in total. The number of hydrogen-bond donors (Lipinski definition) is 1. The maximum atomic E-state index is 12.8. The Morgan fingerprint density at radius 3 is 2.62 bits per heavy atom. The smallest absolute Gasteiger partial charge is 0.243 e. The number of nitrogens with zero attached hydrogens (tertiary/aromatic N) is 1. The van der Waals surface area contributed by atoms with E-state index in [0.29, 0.717) is 30.3 Å². The van der Waals surface area contributed by atoms with Crippen molar-refractivity contribution in [2.75, 3.05) is 19.6 Å². The first kappa shape index (κ1) is 20.9. The largest absolute Gasteiger partial charge is 0.356 e. The SMILES string of the molecule is Cc1ccc(S(=O)(=O)N2CCCC(CCC(=O)NCCC(C)C)C2)cc1. The van der Waals surface area contributed by atoms with Crippen LogP contribution in [0.4, 0.5) is 0 Å². The fourth-order valence-corrected chi connectivity index (χ4v) is 4.82. The molecular formula is C20H32N2O3S. The number of carbonyl (C=O) groups is 1. The van der Waals surface area contributed by atoms with Crippen LogP contribution in [0.3, 0.4) is 0 Å². The number of nitrogens with one attached hydrogen (secondary N) is 1. The molecule has 5 nitrogen and oxygen atoms in total. The fraction of sp³-hybridized carbons (Fsp3) is 0.650. The van der Waals surface area contributed by atoms with Crippen molar-refractivity contribution in [3.63, 3.8) is 0 Å². The van der Waals surface area contributed by atoms with Gasteiger partial charge in [0, 0.05) is 26.1 Å². The summed E-state index contributed by atoms with van der Waals surface area (Å²) in [7, 11) is -3.44. The normalized spacial score (nSPS) is 18.8. The van der Waals surface area contributed by atoms with E-state index in [1.807, 2.05) is 19.1 Å². The van der Waals surface area contributed by atoms with Gasteiger partial charge in [0.05, 0.1) is 4.90 Å². The summed E-state index contributed by atoms with van der Waals surface area (Å²) in [6, 6.07) is 7.01. The van der Waals surface area contributed by atoms with E-state index in [-0.39, 0.29) is 11.8 Å². The Balaban J connectivity index is 1.86. The predicted molar refractivity (Wildman–Crippen MR) is 104 cm³/mol. The van der Waals surface area contributed by atoms with Gasteiger partial charge in [-0.1, -0.05) is 31.5 Å². The molecule has 1 unspecified atom stereocenters. The van der Waals surface area contributed by atoms with Crippen LogP contribution in [0, 0.1) is 18.8 Å². The van der Waals surface area contributed by atoms with Crippen LogP contribution in [0.2, 0.25) is 0 Å². The number of piperidine rings is 1. The van der Waals surface area contributed by atoms with E-state index >= 15 is 0 Å². The second kappa shape index (κ2) is 9.51. The summed E-state index contributed by atoms with van der Waals surface area (Å²) in [6.07, 6.45) is 4.04. The van der Waals surface area contributed by atoms with Crippen LogP contribution in [0.25, 0.3) is 0 Å². The molecule has 1 heterocycles. The third kappa shape index (κ3) is 6.09. The van der Waals surface area contributed by atoms with Crippen LogP contribution >= 0.6 is 0 Å². The molecule has 2 rings (SSSR count). The Morgan fingerprint density at radius 1 is 1.27 bits per heavy atom. The van der Waals surface area contributed by atoms with Gasteiger partial charge in [-0.3, -0.25) is 4.79 Å². The molecule has 1 aliphatic heterocycles. The Kier molecular flexibility index (Phi) is 7.65. The van der Waals surface area contributed by atoms with E-state index in [1.165, 1.54) is 0 Å². The molecule has 0 spiro atoms. The number of sulfonamides is 1. The number of rotatable bonds is 8. The lowest BCUT2D eigenvalue weighted by Crippen LogP contribution is -2.40. The topological polar surface area (TPSA) is 66.5 Å². The van der Waals surface area contributed by atoms with Gasteiger partial charge < -0.3 is 5.32 Å². The maximum absolute atomic E-state index is 12.8. The summed E-state index contributed by atoms with van der Waals surface area (Å²) in [5.41, 5.74) is 1.05. The fourth-order valence-electron chi connectivity index (χ4n) is 3.26. The van der Waals surface area contributed by atoms with Gasteiger partial charge in [0.1, 0.15) is 0 Å². The van der Waals surface area contributed by atoms with Crippen LogP contribution in [0.5, 0.6) is 0 Å². The van der Waals surface area contributed by atoms with Crippen molar-refractivity contribution in [1.29, 1.82) is 0 Å². The van der Waals surface area contributed by atoms with Gasteiger partial charge in [0.2, 0.25) is 15.9 Å². The third-order valence-electron chi connectivity index (χ3n) is 4.96. The second-order valence-corrected chi connectivity index (χ2v) is 9.69. The monoisotopic (exact) mass is 380 g/mol. The van der Waals surface area contributed by atoms with E-state index in [4.69, 9.17) is 0 Å². The molecule has 1 aromatic rings. The molecule has 1 saturated heterocycles. The van der Waals surface area contributed by atoms with Gasteiger partial charge in [-0.2, -0.15) is 4.31 Å². The Hall–Kier alpha value is -1.40. The summed E-state index contributed by atoms with van der Waals surface area (Å²) < 4.78 is 27.3. The lowest BCUT2D eigenvalue weighted by molar-refractivity contribution is -0.121. The first-order valence-electron chi connectivity index (χ1n) is 9.62. The van der Waals surface area contributed by atoms with Crippen molar-refractivity contribution in [2.24, 2.45) is 11.8 Å². The molecule has 0 bridgehead atoms. The van der Waals surface area contributed by atoms with Crippen molar-refractivity contribution >= 4 is 15.9 Å². The standard InChI is InChI=1S/C20H32N2O3S/c1-16(2)12-13-21-20(23)11-8-18-5-4-14-22(15-18)26(24,25)19-9-6-17(3)7-10-19/h6-7,9-10,16,18H,4-5,8,11-15H2,1-3H3,(H,21,23). The number of amides is 1. The van der Waals surface area contributed by atoms with Gasteiger partial charge in [0.25, 0.3) is 0 Å². The Morgan fingerprint density at radius 2 is 1.96 bits per heavy atom. The van der Waals surface area contributed by atoms with Crippen molar-refractivity contribution in [1.82, 2.24) is 9.62 Å². The van der Waals surface area contributed by atoms with E-state index in [9.17, 15) is 13.2 Å². The van der Waals surface area contributed by atoms with Crippen LogP contribution in [0.1, 0.15) is 51.5 Å². The molecule has 0 aromatic heterocycles. The number of hydrogen-bond acceptors (Lipinski definition) is 3. The number of benzene rings is 1. The predicted octanol–water partition coefficient (Wildman–Crippen LogP) is 3.34.